The maximum atomic E-state index is 6.22. The lowest BCUT2D eigenvalue weighted by atomic mass is 10.1. The van der Waals surface area contributed by atoms with Crippen LogP contribution in [0.2, 0.25) is 5.02 Å². The third-order valence-electron chi connectivity index (χ3n) is 2.62. The molecule has 0 aliphatic heterocycles. The fraction of sp³-hybridized carbons (Fsp3) is 0.200. The predicted octanol–water partition coefficient (Wildman–Crippen LogP) is 4.78. The van der Waals surface area contributed by atoms with Crippen LogP contribution in [-0.2, 0) is 6.42 Å². The van der Waals surface area contributed by atoms with Crippen LogP contribution in [0.25, 0.3) is 0 Å². The Morgan fingerprint density at radius 2 is 1.89 bits per heavy atom. The van der Waals surface area contributed by atoms with E-state index >= 15 is 0 Å². The summed E-state index contributed by atoms with van der Waals surface area (Å²) in [6, 6.07) is 13.4. The normalized spacial score (nSPS) is 12.2. The Morgan fingerprint density at radius 3 is 2.53 bits per heavy atom. The number of para-hydroxylation sites is 1. The largest absolute Gasteiger partial charge is 0.456 e. The van der Waals surface area contributed by atoms with Crippen molar-refractivity contribution in [3.05, 3.63) is 57.5 Å². The zero-order valence-corrected chi connectivity index (χ0v) is 12.9. The summed E-state index contributed by atoms with van der Waals surface area (Å²) in [7, 11) is 0. The van der Waals surface area contributed by atoms with Crippen LogP contribution < -0.4 is 10.5 Å². The van der Waals surface area contributed by atoms with Crippen LogP contribution in [0.4, 0.5) is 0 Å². The third kappa shape index (κ3) is 3.96. The molecule has 1 unspecified atom stereocenters. The standard InChI is InChI=1S/C15H15BrClNO/c1-10(18)9-11-3-2-4-14(17)15(11)19-13-7-5-12(16)6-8-13/h2-8,10H,9,18H2,1H3. The van der Waals surface area contributed by atoms with E-state index in [-0.39, 0.29) is 6.04 Å². The molecule has 100 valence electrons. The Labute approximate surface area is 126 Å². The van der Waals surface area contributed by atoms with Crippen molar-refractivity contribution in [3.8, 4) is 11.5 Å². The van der Waals surface area contributed by atoms with Crippen LogP contribution in [0.15, 0.2) is 46.9 Å². The van der Waals surface area contributed by atoms with Crippen molar-refractivity contribution < 1.29 is 4.74 Å². The molecule has 0 aromatic heterocycles. The van der Waals surface area contributed by atoms with Crippen LogP contribution >= 0.6 is 27.5 Å². The van der Waals surface area contributed by atoms with Crippen molar-refractivity contribution in [1.82, 2.24) is 0 Å². The average Bonchev–Trinajstić information content (AvgIpc) is 2.35. The molecule has 0 heterocycles. The monoisotopic (exact) mass is 339 g/mol. The molecule has 1 atom stereocenters. The number of rotatable bonds is 4. The van der Waals surface area contributed by atoms with Gasteiger partial charge in [-0.1, -0.05) is 39.7 Å². The molecule has 0 spiro atoms. The van der Waals surface area contributed by atoms with Crippen molar-refractivity contribution in [3.63, 3.8) is 0 Å². The van der Waals surface area contributed by atoms with Gasteiger partial charge in [-0.2, -0.15) is 0 Å². The molecule has 0 fully saturated rings. The maximum absolute atomic E-state index is 6.22. The second kappa shape index (κ2) is 6.42. The number of benzene rings is 2. The minimum absolute atomic E-state index is 0.0609. The zero-order chi connectivity index (χ0) is 13.8. The Balaban J connectivity index is 2.30. The van der Waals surface area contributed by atoms with Gasteiger partial charge in [0.15, 0.2) is 0 Å². The molecule has 4 heteroatoms. The number of ether oxygens (including phenoxy) is 1. The Morgan fingerprint density at radius 1 is 1.21 bits per heavy atom. The van der Waals surface area contributed by atoms with Crippen LogP contribution in [-0.4, -0.2) is 6.04 Å². The van der Waals surface area contributed by atoms with Gasteiger partial charge in [-0.15, -0.1) is 0 Å². The predicted molar refractivity (Wildman–Crippen MR) is 83.0 cm³/mol. The van der Waals surface area contributed by atoms with E-state index in [0.29, 0.717) is 10.8 Å². The summed E-state index contributed by atoms with van der Waals surface area (Å²) in [5, 5.41) is 0.598. The van der Waals surface area contributed by atoms with Crippen molar-refractivity contribution in [2.75, 3.05) is 0 Å². The highest BCUT2D eigenvalue weighted by Gasteiger charge is 2.11. The molecule has 0 saturated carbocycles. The highest BCUT2D eigenvalue weighted by Crippen LogP contribution is 2.33. The number of hydrogen-bond acceptors (Lipinski definition) is 2. The molecule has 0 amide bonds. The summed E-state index contributed by atoms with van der Waals surface area (Å²) >= 11 is 9.61. The molecule has 0 aliphatic carbocycles. The minimum atomic E-state index is 0.0609. The van der Waals surface area contributed by atoms with Gasteiger partial charge in [0.1, 0.15) is 11.5 Å². The fourth-order valence-corrected chi connectivity index (χ4v) is 2.29. The second-order valence-electron chi connectivity index (χ2n) is 4.47. The molecule has 19 heavy (non-hydrogen) atoms. The molecule has 0 radical (unpaired) electrons. The quantitative estimate of drug-likeness (QED) is 0.869. The molecular weight excluding hydrogens is 326 g/mol. The summed E-state index contributed by atoms with van der Waals surface area (Å²) in [6.45, 7) is 1.96. The van der Waals surface area contributed by atoms with Gasteiger partial charge < -0.3 is 10.5 Å². The van der Waals surface area contributed by atoms with Gasteiger partial charge >= 0.3 is 0 Å². The molecule has 2 aromatic carbocycles. The van der Waals surface area contributed by atoms with Crippen molar-refractivity contribution in [1.29, 1.82) is 0 Å². The Hall–Kier alpha value is -1.03. The van der Waals surface area contributed by atoms with Gasteiger partial charge in [-0.05, 0) is 49.2 Å². The maximum Gasteiger partial charge on any atom is 0.149 e. The first-order valence-corrected chi connectivity index (χ1v) is 7.20. The summed E-state index contributed by atoms with van der Waals surface area (Å²) < 4.78 is 6.90. The van der Waals surface area contributed by atoms with Crippen LogP contribution in [0.3, 0.4) is 0 Å². The van der Waals surface area contributed by atoms with E-state index in [4.69, 9.17) is 22.1 Å². The van der Waals surface area contributed by atoms with Gasteiger partial charge in [0.25, 0.3) is 0 Å². The van der Waals surface area contributed by atoms with E-state index in [9.17, 15) is 0 Å². The molecule has 2 N–H and O–H groups in total. The van der Waals surface area contributed by atoms with Gasteiger partial charge in [0.05, 0.1) is 5.02 Å². The molecule has 0 bridgehead atoms. The van der Waals surface area contributed by atoms with E-state index in [1.165, 1.54) is 0 Å². The highest BCUT2D eigenvalue weighted by molar-refractivity contribution is 9.10. The zero-order valence-electron chi connectivity index (χ0n) is 10.6. The van der Waals surface area contributed by atoms with E-state index < -0.39 is 0 Å². The summed E-state index contributed by atoms with van der Waals surface area (Å²) in [5.74, 6) is 1.44. The van der Waals surface area contributed by atoms with Gasteiger partial charge in [-0.3, -0.25) is 0 Å². The lowest BCUT2D eigenvalue weighted by molar-refractivity contribution is 0.474. The van der Waals surface area contributed by atoms with Gasteiger partial charge in [0.2, 0.25) is 0 Å². The van der Waals surface area contributed by atoms with Crippen molar-refractivity contribution in [2.45, 2.75) is 19.4 Å². The second-order valence-corrected chi connectivity index (χ2v) is 5.79. The lowest BCUT2D eigenvalue weighted by Gasteiger charge is -2.14. The molecule has 0 aliphatic rings. The summed E-state index contributed by atoms with van der Waals surface area (Å²) in [4.78, 5) is 0. The fourth-order valence-electron chi connectivity index (χ4n) is 1.80. The Kier molecular flexibility index (Phi) is 4.86. The summed E-state index contributed by atoms with van der Waals surface area (Å²) in [6.07, 6.45) is 0.729. The molecule has 2 aromatic rings. The molecule has 2 rings (SSSR count). The van der Waals surface area contributed by atoms with Crippen LogP contribution in [0.5, 0.6) is 11.5 Å². The van der Waals surface area contributed by atoms with Gasteiger partial charge in [-0.25, -0.2) is 0 Å². The molecule has 0 saturated heterocycles. The van der Waals surface area contributed by atoms with Gasteiger partial charge in [0, 0.05) is 10.5 Å². The van der Waals surface area contributed by atoms with Crippen molar-refractivity contribution >= 4 is 27.5 Å². The average molecular weight is 341 g/mol. The van der Waals surface area contributed by atoms with E-state index in [1.54, 1.807) is 0 Å². The van der Waals surface area contributed by atoms with Crippen LogP contribution in [0.1, 0.15) is 12.5 Å². The first kappa shape index (κ1) is 14.4. The SMILES string of the molecule is CC(N)Cc1cccc(Cl)c1Oc1ccc(Br)cc1. The Bertz CT molecular complexity index is 555. The topological polar surface area (TPSA) is 35.2 Å². The van der Waals surface area contributed by atoms with Crippen LogP contribution in [0, 0.1) is 0 Å². The van der Waals surface area contributed by atoms with E-state index in [0.717, 1.165) is 22.2 Å². The van der Waals surface area contributed by atoms with E-state index in [1.807, 2.05) is 49.4 Å². The first-order valence-electron chi connectivity index (χ1n) is 6.02. The third-order valence-corrected chi connectivity index (χ3v) is 3.45. The molecule has 2 nitrogen and oxygen atoms in total. The number of halogens is 2. The lowest BCUT2D eigenvalue weighted by Crippen LogP contribution is -2.18. The first-order chi connectivity index (χ1) is 9.06. The number of nitrogens with two attached hydrogens (primary N) is 1. The summed E-state index contributed by atoms with van der Waals surface area (Å²) in [5.41, 5.74) is 6.87. The smallest absolute Gasteiger partial charge is 0.149 e. The minimum Gasteiger partial charge on any atom is -0.456 e. The molecular formula is C15H15BrClNO. The van der Waals surface area contributed by atoms with Crippen molar-refractivity contribution in [2.24, 2.45) is 5.73 Å². The highest BCUT2D eigenvalue weighted by atomic mass is 79.9. The number of hydrogen-bond donors (Lipinski definition) is 1. The van der Waals surface area contributed by atoms with E-state index in [2.05, 4.69) is 15.9 Å².